The van der Waals surface area contributed by atoms with E-state index in [1.165, 1.54) is 0 Å². The van der Waals surface area contributed by atoms with Gasteiger partial charge in [-0.15, -0.1) is 0 Å². The number of carbonyl (C=O) groups excluding carboxylic acids is 3. The van der Waals surface area contributed by atoms with Crippen LogP contribution in [0.2, 0.25) is 0 Å². The highest BCUT2D eigenvalue weighted by Crippen LogP contribution is 2.16. The highest BCUT2D eigenvalue weighted by Gasteiger charge is 2.43. The van der Waals surface area contributed by atoms with Crippen LogP contribution < -0.4 is 10.8 Å². The molecule has 1 aliphatic heterocycles. The zero-order valence-corrected chi connectivity index (χ0v) is 13.3. The summed E-state index contributed by atoms with van der Waals surface area (Å²) in [5.41, 5.74) is 2.43. The van der Waals surface area contributed by atoms with Crippen LogP contribution in [-0.2, 0) is 21.0 Å². The monoisotopic (exact) mass is 319 g/mol. The smallest absolute Gasteiger partial charge is 0.324 e. The lowest BCUT2D eigenvalue weighted by molar-refractivity contribution is -0.135. The predicted molar refractivity (Wildman–Crippen MR) is 82.9 cm³/mol. The molecule has 23 heavy (non-hydrogen) atoms. The minimum atomic E-state index is -0.877. The molecule has 1 aromatic carbocycles. The number of hydroxylamine groups is 1. The Hall–Kier alpha value is -2.41. The third kappa shape index (κ3) is 4.53. The first-order valence-corrected chi connectivity index (χ1v) is 7.49. The Labute approximate surface area is 134 Å². The van der Waals surface area contributed by atoms with Crippen molar-refractivity contribution in [2.45, 2.75) is 38.8 Å². The summed E-state index contributed by atoms with van der Waals surface area (Å²) >= 11 is 0. The minimum Gasteiger partial charge on any atom is -0.324 e. The van der Waals surface area contributed by atoms with E-state index in [2.05, 4.69) is 10.8 Å². The first kappa shape index (κ1) is 17.0. The summed E-state index contributed by atoms with van der Waals surface area (Å²) in [7, 11) is 0. The van der Waals surface area contributed by atoms with E-state index in [-0.39, 0.29) is 31.4 Å². The van der Waals surface area contributed by atoms with Gasteiger partial charge in [0.1, 0.15) is 5.54 Å². The van der Waals surface area contributed by atoms with E-state index in [1.807, 2.05) is 30.3 Å². The number of benzene rings is 1. The Morgan fingerprint density at radius 2 is 1.96 bits per heavy atom. The number of imide groups is 1. The molecule has 0 bridgehead atoms. The van der Waals surface area contributed by atoms with Gasteiger partial charge in [-0.2, -0.15) is 0 Å². The molecule has 0 aliphatic carbocycles. The molecule has 0 spiro atoms. The van der Waals surface area contributed by atoms with Gasteiger partial charge in [0.15, 0.2) is 0 Å². The summed E-state index contributed by atoms with van der Waals surface area (Å²) in [4.78, 5) is 41.5. The highest BCUT2D eigenvalue weighted by molar-refractivity contribution is 6.06. The van der Waals surface area contributed by atoms with Crippen LogP contribution in [0, 0.1) is 0 Å². The van der Waals surface area contributed by atoms with Gasteiger partial charge in [-0.25, -0.2) is 10.3 Å². The van der Waals surface area contributed by atoms with Crippen LogP contribution in [0.5, 0.6) is 0 Å². The molecule has 7 heteroatoms. The first-order chi connectivity index (χ1) is 10.9. The van der Waals surface area contributed by atoms with E-state index >= 15 is 0 Å². The average Bonchev–Trinajstić information content (AvgIpc) is 2.70. The highest BCUT2D eigenvalue weighted by atomic mass is 16.6. The fourth-order valence-corrected chi connectivity index (χ4v) is 2.24. The molecule has 124 valence electrons. The van der Waals surface area contributed by atoms with Crippen LogP contribution in [0.3, 0.4) is 0 Å². The van der Waals surface area contributed by atoms with Gasteiger partial charge in [0.2, 0.25) is 5.91 Å². The lowest BCUT2D eigenvalue weighted by Gasteiger charge is -2.15. The van der Waals surface area contributed by atoms with Crippen molar-refractivity contribution in [1.29, 1.82) is 0 Å². The van der Waals surface area contributed by atoms with Gasteiger partial charge >= 0.3 is 6.03 Å². The Morgan fingerprint density at radius 3 is 2.57 bits per heavy atom. The Morgan fingerprint density at radius 1 is 1.26 bits per heavy atom. The van der Waals surface area contributed by atoms with Gasteiger partial charge in [0.05, 0.1) is 6.61 Å². The van der Waals surface area contributed by atoms with Crippen LogP contribution in [0.4, 0.5) is 4.79 Å². The lowest BCUT2D eigenvalue weighted by Crippen LogP contribution is -2.40. The summed E-state index contributed by atoms with van der Waals surface area (Å²) < 4.78 is 0. The van der Waals surface area contributed by atoms with Crippen molar-refractivity contribution >= 4 is 17.8 Å². The van der Waals surface area contributed by atoms with Gasteiger partial charge in [-0.05, 0) is 25.8 Å². The topological polar surface area (TPSA) is 87.7 Å². The van der Waals surface area contributed by atoms with Crippen LogP contribution >= 0.6 is 0 Å². The molecule has 1 saturated heterocycles. The second-order valence-electron chi connectivity index (χ2n) is 5.92. The predicted octanol–water partition coefficient (Wildman–Crippen LogP) is 1.34. The van der Waals surface area contributed by atoms with Crippen LogP contribution in [-0.4, -0.2) is 34.8 Å². The van der Waals surface area contributed by atoms with Gasteiger partial charge in [0, 0.05) is 13.0 Å². The van der Waals surface area contributed by atoms with E-state index in [1.54, 1.807) is 13.8 Å². The zero-order valence-electron chi connectivity index (χ0n) is 13.3. The average molecular weight is 319 g/mol. The van der Waals surface area contributed by atoms with Crippen LogP contribution in [0.25, 0.3) is 0 Å². The fraction of sp³-hybridized carbons (Fsp3) is 0.438. The third-order valence-electron chi connectivity index (χ3n) is 3.50. The van der Waals surface area contributed by atoms with Crippen molar-refractivity contribution < 1.29 is 19.2 Å². The van der Waals surface area contributed by atoms with Crippen molar-refractivity contribution in [3.05, 3.63) is 35.9 Å². The fourth-order valence-electron chi connectivity index (χ4n) is 2.24. The number of hydrogen-bond acceptors (Lipinski definition) is 4. The molecule has 0 aromatic heterocycles. The van der Waals surface area contributed by atoms with E-state index in [9.17, 15) is 14.4 Å². The quantitative estimate of drug-likeness (QED) is 0.586. The molecule has 0 unspecified atom stereocenters. The number of nitrogens with one attached hydrogen (secondary N) is 2. The van der Waals surface area contributed by atoms with Crippen LogP contribution in [0.1, 0.15) is 32.3 Å². The number of urea groups is 1. The Balaban J connectivity index is 1.65. The van der Waals surface area contributed by atoms with Gasteiger partial charge < -0.3 is 5.32 Å². The van der Waals surface area contributed by atoms with Crippen molar-refractivity contribution in [2.24, 2.45) is 0 Å². The molecule has 2 N–H and O–H groups in total. The van der Waals surface area contributed by atoms with Crippen molar-refractivity contribution in [3.63, 3.8) is 0 Å². The summed E-state index contributed by atoms with van der Waals surface area (Å²) in [6.45, 7) is 3.79. The van der Waals surface area contributed by atoms with Crippen LogP contribution in [0.15, 0.2) is 30.3 Å². The summed E-state index contributed by atoms with van der Waals surface area (Å²) in [6.07, 6.45) is 0.558. The second-order valence-corrected chi connectivity index (χ2v) is 5.92. The first-order valence-electron chi connectivity index (χ1n) is 7.49. The Bertz CT molecular complexity index is 586. The number of carbonyl (C=O) groups is 3. The number of nitrogens with zero attached hydrogens (tertiary/aromatic N) is 1. The maximum Gasteiger partial charge on any atom is 0.325 e. The summed E-state index contributed by atoms with van der Waals surface area (Å²) in [5.74, 6) is -0.560. The molecule has 1 aliphatic rings. The van der Waals surface area contributed by atoms with E-state index in [0.717, 1.165) is 10.5 Å². The largest absolute Gasteiger partial charge is 0.325 e. The standard InChI is InChI=1S/C16H21N3O4/c1-16(2)14(21)19(15(22)17-16)10-6-9-13(20)18-23-11-12-7-4-3-5-8-12/h3-5,7-8H,6,9-11H2,1-2H3,(H,17,22)(H,18,20). The molecule has 1 fully saturated rings. The van der Waals surface area contributed by atoms with Gasteiger partial charge in [0.25, 0.3) is 5.91 Å². The molecule has 1 heterocycles. The number of hydrogen-bond donors (Lipinski definition) is 2. The maximum absolute atomic E-state index is 12.0. The number of rotatable bonds is 7. The molecule has 7 nitrogen and oxygen atoms in total. The van der Waals surface area contributed by atoms with E-state index < -0.39 is 11.6 Å². The van der Waals surface area contributed by atoms with Gasteiger partial charge in [-0.3, -0.25) is 19.3 Å². The molecule has 0 saturated carbocycles. The minimum absolute atomic E-state index is 0.173. The second kappa shape index (κ2) is 7.23. The molecule has 2 rings (SSSR count). The van der Waals surface area contributed by atoms with Gasteiger partial charge in [-0.1, -0.05) is 30.3 Å². The molecular weight excluding hydrogens is 298 g/mol. The summed E-state index contributed by atoms with van der Waals surface area (Å²) in [6, 6.07) is 9.05. The molecular formula is C16H21N3O4. The zero-order chi connectivity index (χ0) is 16.9. The van der Waals surface area contributed by atoms with Crippen molar-refractivity contribution in [1.82, 2.24) is 15.7 Å². The molecule has 1 aromatic rings. The molecule has 4 amide bonds. The Kier molecular flexibility index (Phi) is 5.33. The molecule has 0 atom stereocenters. The lowest BCUT2D eigenvalue weighted by atomic mass is 10.1. The van der Waals surface area contributed by atoms with E-state index in [0.29, 0.717) is 6.42 Å². The number of amides is 4. The maximum atomic E-state index is 12.0. The normalized spacial score (nSPS) is 16.3. The van der Waals surface area contributed by atoms with Crippen molar-refractivity contribution in [3.8, 4) is 0 Å². The molecule has 0 radical (unpaired) electrons. The van der Waals surface area contributed by atoms with E-state index in [4.69, 9.17) is 4.84 Å². The van der Waals surface area contributed by atoms with Crippen molar-refractivity contribution in [2.75, 3.05) is 6.54 Å². The SMILES string of the molecule is CC1(C)NC(=O)N(CCCC(=O)NOCc2ccccc2)C1=O. The third-order valence-corrected chi connectivity index (χ3v) is 3.50. The summed E-state index contributed by atoms with van der Waals surface area (Å²) in [5, 5.41) is 2.60.